The zero-order valence-corrected chi connectivity index (χ0v) is 39.3. The Balaban J connectivity index is 4.25. The molecule has 9 nitrogen and oxygen atoms in total. The molecule has 0 saturated carbocycles. The standard InChI is InChI=1S/C49H90NO8P/c1-5-7-9-11-13-15-17-19-21-22-23-24-25-26-28-30-32-34-36-38-40-42-49(52)58-47(46-57-59(53,54)56-44-43-50(3)4)45-55-48(51)41-39-37-35-33-31-29-27-20-18-16-14-12-10-8-6-2/h14,16,19-21,27,31,33,47H,5-13,15,17-18,22-26,28-30,32,34-46H2,1-4H3,(H,53,54)/b16-14-,21-19-,27-20-,33-31-. The van der Waals surface area contributed by atoms with E-state index in [1.165, 1.54) is 116 Å². The highest BCUT2D eigenvalue weighted by molar-refractivity contribution is 7.47. The minimum atomic E-state index is -4.37. The Morgan fingerprint density at radius 2 is 0.915 bits per heavy atom. The molecule has 0 saturated heterocycles. The zero-order chi connectivity index (χ0) is 43.3. The number of allylic oxidation sites excluding steroid dienone is 8. The molecule has 0 aromatic heterocycles. The van der Waals surface area contributed by atoms with E-state index in [4.69, 9.17) is 18.5 Å². The highest BCUT2D eigenvalue weighted by atomic mass is 31.2. The third kappa shape index (κ3) is 45.3. The van der Waals surface area contributed by atoms with Gasteiger partial charge in [0.1, 0.15) is 6.61 Å². The van der Waals surface area contributed by atoms with Gasteiger partial charge in [-0.1, -0.05) is 165 Å². The molecule has 0 aliphatic rings. The molecule has 0 fully saturated rings. The van der Waals surface area contributed by atoms with Gasteiger partial charge < -0.3 is 19.3 Å². The van der Waals surface area contributed by atoms with Crippen LogP contribution in [0.15, 0.2) is 48.6 Å². The topological polar surface area (TPSA) is 112 Å². The number of unbranched alkanes of at least 4 members (excludes halogenated alkanes) is 22. The van der Waals surface area contributed by atoms with Gasteiger partial charge in [0.15, 0.2) is 6.10 Å². The van der Waals surface area contributed by atoms with Crippen LogP contribution < -0.4 is 0 Å². The second-order valence-corrected chi connectivity index (χ2v) is 17.7. The summed E-state index contributed by atoms with van der Waals surface area (Å²) in [5.41, 5.74) is 0. The van der Waals surface area contributed by atoms with E-state index in [1.54, 1.807) is 0 Å². The summed E-state index contributed by atoms with van der Waals surface area (Å²) in [4.78, 5) is 37.1. The average molecular weight is 852 g/mol. The van der Waals surface area contributed by atoms with Crippen molar-refractivity contribution in [2.45, 2.75) is 213 Å². The third-order valence-corrected chi connectivity index (χ3v) is 11.1. The fraction of sp³-hybridized carbons (Fsp3) is 0.796. The summed E-state index contributed by atoms with van der Waals surface area (Å²) in [6.07, 6.45) is 50.2. The van der Waals surface area contributed by atoms with Crippen molar-refractivity contribution in [1.29, 1.82) is 0 Å². The fourth-order valence-corrected chi connectivity index (χ4v) is 7.14. The van der Waals surface area contributed by atoms with Crippen molar-refractivity contribution < 1.29 is 37.6 Å². The molecular formula is C49H90NO8P. The molecule has 0 aliphatic carbocycles. The van der Waals surface area contributed by atoms with E-state index < -0.39 is 32.5 Å². The maximum atomic E-state index is 12.7. The van der Waals surface area contributed by atoms with Crippen molar-refractivity contribution in [3.63, 3.8) is 0 Å². The summed E-state index contributed by atoms with van der Waals surface area (Å²) < 4.78 is 33.5. The van der Waals surface area contributed by atoms with E-state index in [0.717, 1.165) is 51.4 Å². The first-order chi connectivity index (χ1) is 28.7. The molecule has 0 radical (unpaired) electrons. The number of phosphoric ester groups is 1. The zero-order valence-electron chi connectivity index (χ0n) is 38.4. The number of nitrogens with zero attached hydrogens (tertiary/aromatic N) is 1. The van der Waals surface area contributed by atoms with Crippen LogP contribution >= 0.6 is 7.82 Å². The second kappa shape index (κ2) is 44.0. The summed E-state index contributed by atoms with van der Waals surface area (Å²) in [6, 6.07) is 0. The van der Waals surface area contributed by atoms with Gasteiger partial charge in [-0.2, -0.15) is 0 Å². The fourth-order valence-electron chi connectivity index (χ4n) is 6.39. The molecular weight excluding hydrogens is 762 g/mol. The normalized spacial score (nSPS) is 13.7. The predicted molar refractivity (Wildman–Crippen MR) is 248 cm³/mol. The number of esters is 2. The lowest BCUT2D eigenvalue weighted by molar-refractivity contribution is -0.161. The molecule has 0 rings (SSSR count). The monoisotopic (exact) mass is 852 g/mol. The third-order valence-electron chi connectivity index (χ3n) is 10.1. The minimum absolute atomic E-state index is 0.000437. The lowest BCUT2D eigenvalue weighted by atomic mass is 10.0. The van der Waals surface area contributed by atoms with Gasteiger partial charge >= 0.3 is 19.8 Å². The van der Waals surface area contributed by atoms with E-state index in [1.807, 2.05) is 19.0 Å². The smallest absolute Gasteiger partial charge is 0.462 e. The molecule has 0 bridgehead atoms. The first-order valence-electron chi connectivity index (χ1n) is 23.9. The van der Waals surface area contributed by atoms with E-state index in [2.05, 4.69) is 62.5 Å². The Labute approximate surface area is 362 Å². The number of hydrogen-bond donors (Lipinski definition) is 1. The van der Waals surface area contributed by atoms with Gasteiger partial charge in [0.25, 0.3) is 0 Å². The molecule has 2 atom stereocenters. The van der Waals surface area contributed by atoms with E-state index in [9.17, 15) is 19.0 Å². The van der Waals surface area contributed by atoms with Crippen LogP contribution in [0.3, 0.4) is 0 Å². The highest BCUT2D eigenvalue weighted by Gasteiger charge is 2.26. The maximum absolute atomic E-state index is 12.7. The SMILES string of the molecule is CCCCC/C=C\C/C=C\C/C=C\CCCCC(=O)OCC(COP(=O)(O)OCCN(C)C)OC(=O)CCCCCCCCCCCCC/C=C\CCCCCCCC. The predicted octanol–water partition coefficient (Wildman–Crippen LogP) is 14.1. The van der Waals surface area contributed by atoms with Crippen LogP contribution in [-0.2, 0) is 32.7 Å². The highest BCUT2D eigenvalue weighted by Crippen LogP contribution is 2.43. The van der Waals surface area contributed by atoms with Crippen LogP contribution in [0.25, 0.3) is 0 Å². The average Bonchev–Trinajstić information content (AvgIpc) is 3.20. The summed E-state index contributed by atoms with van der Waals surface area (Å²) in [5, 5.41) is 0. The Bertz CT molecular complexity index is 1120. The number of carbonyl (C=O) groups is 2. The first-order valence-corrected chi connectivity index (χ1v) is 25.4. The summed E-state index contributed by atoms with van der Waals surface area (Å²) >= 11 is 0. The number of hydrogen-bond acceptors (Lipinski definition) is 8. The summed E-state index contributed by atoms with van der Waals surface area (Å²) in [7, 11) is -0.729. The van der Waals surface area contributed by atoms with Crippen molar-refractivity contribution in [2.24, 2.45) is 0 Å². The molecule has 59 heavy (non-hydrogen) atoms. The molecule has 0 aromatic carbocycles. The number of carbonyl (C=O) groups excluding carboxylic acids is 2. The molecule has 0 heterocycles. The Hall–Kier alpha value is -2.03. The van der Waals surface area contributed by atoms with Crippen LogP contribution in [0.4, 0.5) is 0 Å². The molecule has 0 amide bonds. The molecule has 344 valence electrons. The molecule has 1 N–H and O–H groups in total. The molecule has 0 spiro atoms. The van der Waals surface area contributed by atoms with Gasteiger partial charge in [-0.25, -0.2) is 4.57 Å². The van der Waals surface area contributed by atoms with Crippen LogP contribution in [0.1, 0.15) is 206 Å². The number of rotatable bonds is 44. The van der Waals surface area contributed by atoms with Gasteiger partial charge in [0, 0.05) is 19.4 Å². The molecule has 10 heteroatoms. The van der Waals surface area contributed by atoms with Gasteiger partial charge in [0.05, 0.1) is 13.2 Å². The molecule has 2 unspecified atom stereocenters. The van der Waals surface area contributed by atoms with Gasteiger partial charge in [0.2, 0.25) is 0 Å². The minimum Gasteiger partial charge on any atom is -0.462 e. The van der Waals surface area contributed by atoms with Crippen LogP contribution in [0.2, 0.25) is 0 Å². The van der Waals surface area contributed by atoms with Crippen molar-refractivity contribution in [3.8, 4) is 0 Å². The van der Waals surface area contributed by atoms with E-state index >= 15 is 0 Å². The quantitative estimate of drug-likeness (QED) is 0.0277. The van der Waals surface area contributed by atoms with Crippen molar-refractivity contribution in [3.05, 3.63) is 48.6 Å². The van der Waals surface area contributed by atoms with E-state index in [-0.39, 0.29) is 26.1 Å². The molecule has 0 aromatic rings. The lowest BCUT2D eigenvalue weighted by Gasteiger charge is -2.20. The van der Waals surface area contributed by atoms with Crippen LogP contribution in [-0.4, -0.2) is 68.3 Å². The number of ether oxygens (including phenoxy) is 2. The number of likely N-dealkylation sites (N-methyl/N-ethyl adjacent to an activating group) is 1. The van der Waals surface area contributed by atoms with Crippen molar-refractivity contribution in [1.82, 2.24) is 4.90 Å². The van der Waals surface area contributed by atoms with Crippen molar-refractivity contribution >= 4 is 19.8 Å². The maximum Gasteiger partial charge on any atom is 0.472 e. The van der Waals surface area contributed by atoms with Crippen LogP contribution in [0.5, 0.6) is 0 Å². The molecule has 0 aliphatic heterocycles. The van der Waals surface area contributed by atoms with Gasteiger partial charge in [-0.05, 0) is 91.1 Å². The summed E-state index contributed by atoms with van der Waals surface area (Å²) in [6.45, 7) is 4.26. The van der Waals surface area contributed by atoms with Gasteiger partial charge in [-0.3, -0.25) is 18.6 Å². The van der Waals surface area contributed by atoms with Crippen LogP contribution in [0, 0.1) is 0 Å². The van der Waals surface area contributed by atoms with Crippen molar-refractivity contribution in [2.75, 3.05) is 40.5 Å². The lowest BCUT2D eigenvalue weighted by Crippen LogP contribution is -2.29. The number of phosphoric acid groups is 1. The second-order valence-electron chi connectivity index (χ2n) is 16.3. The Morgan fingerprint density at radius 3 is 1.44 bits per heavy atom. The van der Waals surface area contributed by atoms with Gasteiger partial charge in [-0.15, -0.1) is 0 Å². The van der Waals surface area contributed by atoms with E-state index in [0.29, 0.717) is 19.4 Å². The summed E-state index contributed by atoms with van der Waals surface area (Å²) in [5.74, 6) is -0.846. The Morgan fingerprint density at radius 1 is 0.525 bits per heavy atom. The Kier molecular flexibility index (Phi) is 42.5. The first kappa shape index (κ1) is 57.0. The largest absolute Gasteiger partial charge is 0.472 e.